The zero-order chi connectivity index (χ0) is 18.7. The van der Waals surface area contributed by atoms with Crippen LogP contribution in [0.1, 0.15) is 45.2 Å². The van der Waals surface area contributed by atoms with Crippen LogP contribution < -0.4 is 0 Å². The van der Waals surface area contributed by atoms with Gasteiger partial charge in [0.2, 0.25) is 5.91 Å². The molecule has 3 heterocycles. The fourth-order valence-electron chi connectivity index (χ4n) is 4.06. The highest BCUT2D eigenvalue weighted by Crippen LogP contribution is 2.40. The first-order valence-electron chi connectivity index (χ1n) is 9.62. The fourth-order valence-corrected chi connectivity index (χ4v) is 4.06. The number of nitrogens with zero attached hydrogens (tertiary/aromatic N) is 3. The van der Waals surface area contributed by atoms with Crippen molar-refractivity contribution < 1.29 is 14.7 Å². The average molecular weight is 362 g/mol. The molecule has 1 spiro atoms. The van der Waals surface area contributed by atoms with Crippen LogP contribution in [0, 0.1) is 11.3 Å². The van der Waals surface area contributed by atoms with Crippen LogP contribution in [0.2, 0.25) is 0 Å². The number of rotatable bonds is 5. The monoisotopic (exact) mass is 362 g/mol. The Morgan fingerprint density at radius 1 is 1.35 bits per heavy atom. The van der Waals surface area contributed by atoms with Gasteiger partial charge in [-0.05, 0) is 30.6 Å². The second-order valence-corrected chi connectivity index (χ2v) is 8.16. The van der Waals surface area contributed by atoms with Crippen LogP contribution in [0.15, 0.2) is 12.5 Å². The number of hydrogen-bond acceptors (Lipinski definition) is 4. The van der Waals surface area contributed by atoms with Gasteiger partial charge in [0, 0.05) is 50.9 Å². The summed E-state index contributed by atoms with van der Waals surface area (Å²) in [4.78, 5) is 35.6. The van der Waals surface area contributed by atoms with E-state index in [-0.39, 0.29) is 23.1 Å². The Kier molecular flexibility index (Phi) is 5.65. The first-order valence-corrected chi connectivity index (χ1v) is 9.62. The zero-order valence-corrected chi connectivity index (χ0v) is 15.8. The van der Waals surface area contributed by atoms with Gasteiger partial charge in [0.15, 0.2) is 0 Å². The third kappa shape index (κ3) is 4.09. The normalized spacial score (nSPS) is 21.5. The summed E-state index contributed by atoms with van der Waals surface area (Å²) in [5.41, 5.74) is 1.15. The third-order valence-electron chi connectivity index (χ3n) is 5.97. The van der Waals surface area contributed by atoms with Crippen molar-refractivity contribution in [2.45, 2.75) is 52.1 Å². The summed E-state index contributed by atoms with van der Waals surface area (Å²) < 4.78 is 0. The molecule has 7 heteroatoms. The van der Waals surface area contributed by atoms with Gasteiger partial charge in [-0.15, -0.1) is 0 Å². The number of amides is 2. The molecule has 2 amide bonds. The lowest BCUT2D eigenvalue weighted by Crippen LogP contribution is -2.54. The van der Waals surface area contributed by atoms with Gasteiger partial charge in [-0.3, -0.25) is 9.59 Å². The van der Waals surface area contributed by atoms with Gasteiger partial charge in [-0.25, -0.2) is 4.98 Å². The van der Waals surface area contributed by atoms with E-state index < -0.39 is 6.10 Å². The Morgan fingerprint density at radius 2 is 2.08 bits per heavy atom. The number of carbonyl (C=O) groups excluding carboxylic acids is 2. The first kappa shape index (κ1) is 18.9. The van der Waals surface area contributed by atoms with Crippen molar-refractivity contribution in [1.29, 1.82) is 0 Å². The van der Waals surface area contributed by atoms with Crippen LogP contribution in [-0.4, -0.2) is 69.0 Å². The molecule has 7 nitrogen and oxygen atoms in total. The van der Waals surface area contributed by atoms with Crippen molar-refractivity contribution in [2.24, 2.45) is 11.3 Å². The van der Waals surface area contributed by atoms with Crippen LogP contribution in [-0.2, 0) is 16.0 Å². The number of imidazole rings is 1. The van der Waals surface area contributed by atoms with Crippen LogP contribution in [0.3, 0.4) is 0 Å². The van der Waals surface area contributed by atoms with E-state index in [4.69, 9.17) is 0 Å². The summed E-state index contributed by atoms with van der Waals surface area (Å²) in [6, 6.07) is 0. The standard InChI is InChI=1S/C19H30N4O3/c1-14(2)17(25)18(26)22-9-6-19(7-10-22)5-3-16(24)23(12-19)8-4-15-11-20-13-21-15/h11,13-14,17,25H,3-10,12H2,1-2H3,(H,20,21). The third-order valence-corrected chi connectivity index (χ3v) is 5.97. The van der Waals surface area contributed by atoms with Gasteiger partial charge in [0.1, 0.15) is 6.10 Å². The number of H-pyrrole nitrogens is 1. The van der Waals surface area contributed by atoms with E-state index >= 15 is 0 Å². The van der Waals surface area contributed by atoms with Gasteiger partial charge in [-0.2, -0.15) is 0 Å². The van der Waals surface area contributed by atoms with E-state index in [1.54, 1.807) is 17.4 Å². The lowest BCUT2D eigenvalue weighted by molar-refractivity contribution is -0.148. The molecule has 2 aliphatic heterocycles. The minimum absolute atomic E-state index is 0.0661. The molecule has 1 aromatic rings. The van der Waals surface area contributed by atoms with E-state index in [0.29, 0.717) is 26.1 Å². The number of piperidine rings is 2. The number of nitrogens with one attached hydrogen (secondary N) is 1. The van der Waals surface area contributed by atoms with E-state index in [1.165, 1.54) is 0 Å². The molecule has 2 fully saturated rings. The molecule has 2 N–H and O–H groups in total. The zero-order valence-electron chi connectivity index (χ0n) is 15.8. The van der Waals surface area contributed by atoms with Crippen molar-refractivity contribution in [3.8, 4) is 0 Å². The molecule has 26 heavy (non-hydrogen) atoms. The van der Waals surface area contributed by atoms with E-state index in [2.05, 4.69) is 9.97 Å². The summed E-state index contributed by atoms with van der Waals surface area (Å²) >= 11 is 0. The number of aliphatic hydroxyl groups is 1. The topological polar surface area (TPSA) is 89.5 Å². The highest BCUT2D eigenvalue weighted by atomic mass is 16.3. The minimum Gasteiger partial charge on any atom is -0.383 e. The molecular formula is C19H30N4O3. The smallest absolute Gasteiger partial charge is 0.251 e. The molecule has 144 valence electrons. The summed E-state index contributed by atoms with van der Waals surface area (Å²) in [6.45, 7) is 6.54. The van der Waals surface area contributed by atoms with Gasteiger partial charge in [0.05, 0.1) is 6.33 Å². The number of aromatic amines is 1. The molecule has 2 saturated heterocycles. The molecule has 0 bridgehead atoms. The lowest BCUT2D eigenvalue weighted by Gasteiger charge is -2.47. The first-order chi connectivity index (χ1) is 12.4. The van der Waals surface area contributed by atoms with E-state index in [0.717, 1.165) is 37.9 Å². The van der Waals surface area contributed by atoms with Crippen molar-refractivity contribution in [3.05, 3.63) is 18.2 Å². The molecule has 2 aliphatic rings. The molecule has 1 unspecified atom stereocenters. The highest BCUT2D eigenvalue weighted by Gasteiger charge is 2.42. The number of likely N-dealkylation sites (tertiary alicyclic amines) is 2. The minimum atomic E-state index is -0.914. The van der Waals surface area contributed by atoms with Crippen LogP contribution in [0.25, 0.3) is 0 Å². The van der Waals surface area contributed by atoms with Gasteiger partial charge >= 0.3 is 0 Å². The van der Waals surface area contributed by atoms with E-state index in [1.807, 2.05) is 18.7 Å². The van der Waals surface area contributed by atoms with Crippen molar-refractivity contribution in [2.75, 3.05) is 26.2 Å². The summed E-state index contributed by atoms with van der Waals surface area (Å²) in [5.74, 6) is 0.00498. The number of carbonyl (C=O) groups is 2. The maximum Gasteiger partial charge on any atom is 0.251 e. The predicted octanol–water partition coefficient (Wildman–Crippen LogP) is 1.20. The van der Waals surface area contributed by atoms with Crippen LogP contribution >= 0.6 is 0 Å². The summed E-state index contributed by atoms with van der Waals surface area (Å²) in [5, 5.41) is 10.0. The molecule has 1 aromatic heterocycles. The fraction of sp³-hybridized carbons (Fsp3) is 0.737. The molecule has 1 atom stereocenters. The maximum absolute atomic E-state index is 12.4. The lowest BCUT2D eigenvalue weighted by atomic mass is 9.72. The molecule has 0 aromatic carbocycles. The molecule has 0 aliphatic carbocycles. The Bertz CT molecular complexity index is 621. The predicted molar refractivity (Wildman–Crippen MR) is 97.2 cm³/mol. The van der Waals surface area contributed by atoms with Gasteiger partial charge < -0.3 is 19.9 Å². The SMILES string of the molecule is CC(C)C(O)C(=O)N1CCC2(CCC(=O)N(CCc3cnc[nH]3)C2)CC1. The number of hydrogen-bond donors (Lipinski definition) is 2. The van der Waals surface area contributed by atoms with Gasteiger partial charge in [0.25, 0.3) is 5.91 Å². The summed E-state index contributed by atoms with van der Waals surface area (Å²) in [7, 11) is 0. The van der Waals surface area contributed by atoms with Crippen molar-refractivity contribution >= 4 is 11.8 Å². The Balaban J connectivity index is 1.55. The largest absolute Gasteiger partial charge is 0.383 e. The summed E-state index contributed by atoms with van der Waals surface area (Å²) in [6.07, 6.45) is 6.62. The van der Waals surface area contributed by atoms with Crippen LogP contribution in [0.4, 0.5) is 0 Å². The molecular weight excluding hydrogens is 332 g/mol. The number of aromatic nitrogens is 2. The Labute approximate surface area is 154 Å². The molecule has 0 saturated carbocycles. The molecule has 0 radical (unpaired) electrons. The second-order valence-electron chi connectivity index (χ2n) is 8.16. The van der Waals surface area contributed by atoms with Gasteiger partial charge in [-0.1, -0.05) is 13.8 Å². The van der Waals surface area contributed by atoms with Crippen molar-refractivity contribution in [1.82, 2.24) is 19.8 Å². The Morgan fingerprint density at radius 3 is 2.69 bits per heavy atom. The maximum atomic E-state index is 12.4. The Hall–Kier alpha value is -1.89. The van der Waals surface area contributed by atoms with Crippen molar-refractivity contribution in [3.63, 3.8) is 0 Å². The average Bonchev–Trinajstić information content (AvgIpc) is 3.15. The second kappa shape index (κ2) is 7.78. The number of aliphatic hydroxyl groups excluding tert-OH is 1. The van der Waals surface area contributed by atoms with Crippen LogP contribution in [0.5, 0.6) is 0 Å². The van der Waals surface area contributed by atoms with E-state index in [9.17, 15) is 14.7 Å². The quantitative estimate of drug-likeness (QED) is 0.824. The molecule has 3 rings (SSSR count). The highest BCUT2D eigenvalue weighted by molar-refractivity contribution is 5.81.